The minimum atomic E-state index is -0.595. The number of rotatable bonds is 14. The third-order valence-electron chi connectivity index (χ3n) is 4.54. The SMILES string of the molecule is CCCSC(SCCC)N1C(=O)C(SCCC)(SCCC)c2c(SC)ccc(Cl)c21. The molecule has 2 rings (SSSR count). The first-order chi connectivity index (χ1) is 14.5. The molecule has 0 atom stereocenters. The van der Waals surface area contributed by atoms with Crippen LogP contribution in [0.3, 0.4) is 0 Å². The van der Waals surface area contributed by atoms with Crippen molar-refractivity contribution in [2.45, 2.75) is 67.1 Å². The maximum Gasteiger partial charge on any atom is 0.259 e. The Hall–Kier alpha value is 0.730. The number of thioether (sulfide) groups is 5. The number of nitrogens with zero attached hydrogens (tertiary/aromatic N) is 1. The molecule has 1 aromatic carbocycles. The van der Waals surface area contributed by atoms with Gasteiger partial charge >= 0.3 is 0 Å². The fourth-order valence-corrected chi connectivity index (χ4v) is 9.81. The molecule has 0 spiro atoms. The van der Waals surface area contributed by atoms with Crippen LogP contribution >= 0.6 is 70.4 Å². The number of fused-ring (bicyclic) bond motifs is 1. The Morgan fingerprint density at radius 2 is 1.47 bits per heavy atom. The van der Waals surface area contributed by atoms with Crippen molar-refractivity contribution in [1.29, 1.82) is 0 Å². The first-order valence-electron chi connectivity index (χ1n) is 10.7. The molecule has 1 aromatic rings. The van der Waals surface area contributed by atoms with Gasteiger partial charge in [-0.15, -0.1) is 58.8 Å². The number of benzene rings is 1. The molecule has 0 aromatic heterocycles. The summed E-state index contributed by atoms with van der Waals surface area (Å²) in [6.07, 6.45) is 6.40. The highest BCUT2D eigenvalue weighted by Crippen LogP contribution is 2.61. The molecular weight excluding hydrogens is 490 g/mol. The highest BCUT2D eigenvalue weighted by atomic mass is 35.5. The van der Waals surface area contributed by atoms with Crippen molar-refractivity contribution >= 4 is 82.0 Å². The number of halogens is 1. The first kappa shape index (κ1) is 27.0. The average molecular weight is 524 g/mol. The molecule has 1 heterocycles. The van der Waals surface area contributed by atoms with Gasteiger partial charge in [-0.1, -0.05) is 39.3 Å². The molecule has 0 saturated heterocycles. The van der Waals surface area contributed by atoms with Gasteiger partial charge in [-0.2, -0.15) is 0 Å². The second kappa shape index (κ2) is 13.4. The van der Waals surface area contributed by atoms with Gasteiger partial charge in [-0.05, 0) is 67.1 Å². The summed E-state index contributed by atoms with van der Waals surface area (Å²) in [6.45, 7) is 8.78. The molecule has 1 aliphatic rings. The Kier molecular flexibility index (Phi) is 12.1. The van der Waals surface area contributed by atoms with E-state index in [0.29, 0.717) is 5.02 Å². The van der Waals surface area contributed by atoms with Crippen LogP contribution in [0.4, 0.5) is 5.69 Å². The summed E-state index contributed by atoms with van der Waals surface area (Å²) in [5, 5.41) is 0.700. The molecule has 0 saturated carbocycles. The van der Waals surface area contributed by atoms with E-state index < -0.39 is 4.08 Å². The van der Waals surface area contributed by atoms with Crippen LogP contribution in [0.1, 0.15) is 58.9 Å². The summed E-state index contributed by atoms with van der Waals surface area (Å²) < 4.78 is -0.528. The summed E-state index contributed by atoms with van der Waals surface area (Å²) in [5.41, 5.74) is 2.10. The highest BCUT2D eigenvalue weighted by Gasteiger charge is 2.55. The number of anilines is 1. The normalized spacial score (nSPS) is 15.3. The van der Waals surface area contributed by atoms with Crippen LogP contribution in [0.15, 0.2) is 17.0 Å². The summed E-state index contributed by atoms with van der Waals surface area (Å²) in [5.74, 6) is 4.22. The number of amides is 1. The van der Waals surface area contributed by atoms with E-state index in [1.807, 2.05) is 53.1 Å². The molecule has 0 aliphatic carbocycles. The second-order valence-electron chi connectivity index (χ2n) is 7.01. The number of hydrogen-bond donors (Lipinski definition) is 0. The molecular formula is C22H34ClNOS5. The third kappa shape index (κ3) is 5.80. The van der Waals surface area contributed by atoms with E-state index in [0.717, 1.165) is 59.9 Å². The molecule has 170 valence electrons. The van der Waals surface area contributed by atoms with Gasteiger partial charge in [-0.25, -0.2) is 0 Å². The zero-order chi connectivity index (χ0) is 22.1. The molecule has 0 N–H and O–H groups in total. The van der Waals surface area contributed by atoms with Gasteiger partial charge < -0.3 is 0 Å². The predicted molar refractivity (Wildman–Crippen MR) is 147 cm³/mol. The first-order valence-corrected chi connectivity index (χ1v) is 16.4. The maximum absolute atomic E-state index is 14.3. The van der Waals surface area contributed by atoms with Crippen LogP contribution < -0.4 is 4.90 Å². The maximum atomic E-state index is 14.3. The monoisotopic (exact) mass is 523 g/mol. The van der Waals surface area contributed by atoms with Crippen LogP contribution in [0, 0.1) is 0 Å². The van der Waals surface area contributed by atoms with Crippen LogP contribution in [-0.2, 0) is 8.87 Å². The molecule has 8 heteroatoms. The number of carbonyl (C=O) groups is 1. The van der Waals surface area contributed by atoms with Crippen molar-refractivity contribution in [3.63, 3.8) is 0 Å². The van der Waals surface area contributed by atoms with E-state index in [2.05, 4.69) is 44.9 Å². The molecule has 0 bridgehead atoms. The quantitative estimate of drug-likeness (QED) is 0.179. The van der Waals surface area contributed by atoms with E-state index in [1.54, 1.807) is 11.8 Å². The van der Waals surface area contributed by atoms with E-state index in [-0.39, 0.29) is 10.6 Å². The molecule has 1 aliphatic heterocycles. The lowest BCUT2D eigenvalue weighted by atomic mass is 10.1. The van der Waals surface area contributed by atoms with Crippen LogP contribution in [0.2, 0.25) is 5.02 Å². The van der Waals surface area contributed by atoms with Crippen molar-refractivity contribution in [1.82, 2.24) is 0 Å². The number of carbonyl (C=O) groups excluding carboxylic acids is 1. The van der Waals surface area contributed by atoms with E-state index in [4.69, 9.17) is 11.6 Å². The van der Waals surface area contributed by atoms with Gasteiger partial charge in [0.05, 0.1) is 10.7 Å². The molecule has 0 unspecified atom stereocenters. The van der Waals surface area contributed by atoms with Crippen LogP contribution in [0.25, 0.3) is 0 Å². The molecule has 1 amide bonds. The van der Waals surface area contributed by atoms with E-state index in [9.17, 15) is 4.79 Å². The Morgan fingerprint density at radius 1 is 0.933 bits per heavy atom. The predicted octanol–water partition coefficient (Wildman–Crippen LogP) is 8.42. The summed E-state index contributed by atoms with van der Waals surface area (Å²) >= 11 is 15.9. The minimum Gasteiger partial charge on any atom is -0.287 e. The van der Waals surface area contributed by atoms with Crippen molar-refractivity contribution in [3.8, 4) is 0 Å². The van der Waals surface area contributed by atoms with Gasteiger partial charge in [0.25, 0.3) is 5.91 Å². The van der Waals surface area contributed by atoms with Crippen LogP contribution in [0.5, 0.6) is 0 Å². The molecule has 30 heavy (non-hydrogen) atoms. The summed E-state index contributed by atoms with van der Waals surface area (Å²) in [7, 11) is 0. The molecule has 0 radical (unpaired) electrons. The van der Waals surface area contributed by atoms with Gasteiger partial charge in [0.15, 0.2) is 4.08 Å². The zero-order valence-corrected chi connectivity index (χ0v) is 23.5. The Balaban J connectivity index is 2.67. The van der Waals surface area contributed by atoms with Crippen molar-refractivity contribution < 1.29 is 4.79 Å². The Labute approximate surface area is 209 Å². The highest BCUT2D eigenvalue weighted by molar-refractivity contribution is 8.19. The largest absolute Gasteiger partial charge is 0.287 e. The zero-order valence-electron chi connectivity index (χ0n) is 18.7. The lowest BCUT2D eigenvalue weighted by molar-refractivity contribution is -0.118. The van der Waals surface area contributed by atoms with Gasteiger partial charge in [0, 0.05) is 10.5 Å². The average Bonchev–Trinajstić information content (AvgIpc) is 3.01. The van der Waals surface area contributed by atoms with Crippen molar-refractivity contribution in [2.75, 3.05) is 34.2 Å². The fourth-order valence-electron chi connectivity index (χ4n) is 3.27. The van der Waals surface area contributed by atoms with Crippen LogP contribution in [-0.4, -0.2) is 39.9 Å². The molecule has 2 nitrogen and oxygen atoms in total. The lowest BCUT2D eigenvalue weighted by Gasteiger charge is -2.31. The Morgan fingerprint density at radius 3 is 1.93 bits per heavy atom. The summed E-state index contributed by atoms with van der Waals surface area (Å²) in [6, 6.07) is 4.08. The van der Waals surface area contributed by atoms with Gasteiger partial charge in [0.1, 0.15) is 4.71 Å². The Bertz CT molecular complexity index is 686. The molecule has 0 fully saturated rings. The summed E-state index contributed by atoms with van der Waals surface area (Å²) in [4.78, 5) is 17.5. The lowest BCUT2D eigenvalue weighted by Crippen LogP contribution is -2.41. The van der Waals surface area contributed by atoms with Gasteiger partial charge in [0.2, 0.25) is 0 Å². The van der Waals surface area contributed by atoms with Crippen molar-refractivity contribution in [3.05, 3.63) is 22.7 Å². The van der Waals surface area contributed by atoms with Crippen molar-refractivity contribution in [2.24, 2.45) is 0 Å². The minimum absolute atomic E-state index is 0.0667. The smallest absolute Gasteiger partial charge is 0.259 e. The van der Waals surface area contributed by atoms with E-state index in [1.165, 1.54) is 4.90 Å². The fraction of sp³-hybridized carbons (Fsp3) is 0.682. The van der Waals surface area contributed by atoms with E-state index >= 15 is 0 Å². The third-order valence-corrected chi connectivity index (χ3v) is 12.2. The topological polar surface area (TPSA) is 20.3 Å². The standard InChI is InChI=1S/C22H34ClNOS5/c1-6-12-27-21(28-13-7-2)24-19-16(23)10-11-17(26-5)18(19)22(20(24)25,29-14-8-3)30-15-9-4/h10-11,21H,6-9,12-15H2,1-5H3. The second-order valence-corrected chi connectivity index (χ2v) is 13.8. The van der Waals surface area contributed by atoms with Gasteiger partial charge in [-0.3, -0.25) is 9.69 Å². The number of hydrogen-bond acceptors (Lipinski definition) is 6.